The minimum Gasteiger partial charge on any atom is -0.508 e. The van der Waals surface area contributed by atoms with Crippen molar-refractivity contribution in [2.45, 2.75) is 6.42 Å². The Bertz CT molecular complexity index is 703. The summed E-state index contributed by atoms with van der Waals surface area (Å²) in [6.45, 7) is 0. The number of aromatic hydroxyl groups is 1. The Morgan fingerprint density at radius 1 is 1.22 bits per heavy atom. The molecule has 90 valence electrons. The van der Waals surface area contributed by atoms with Crippen LogP contribution in [0.15, 0.2) is 42.6 Å². The number of phenols is 1. The first-order chi connectivity index (χ1) is 8.74. The van der Waals surface area contributed by atoms with E-state index in [0.717, 1.165) is 22.6 Å². The molecule has 0 amide bonds. The molecule has 0 fully saturated rings. The van der Waals surface area contributed by atoms with Gasteiger partial charge in [0.2, 0.25) is 0 Å². The smallest absolute Gasteiger partial charge is 0.177 e. The average Bonchev–Trinajstić information content (AvgIpc) is 2.67. The minimum atomic E-state index is 0.282. The van der Waals surface area contributed by atoms with E-state index in [1.165, 1.54) is 0 Å². The molecule has 0 bridgehead atoms. The maximum absolute atomic E-state index is 9.46. The van der Waals surface area contributed by atoms with Gasteiger partial charge >= 0.3 is 0 Å². The molecule has 4 heteroatoms. The van der Waals surface area contributed by atoms with Crippen molar-refractivity contribution in [3.05, 3.63) is 54.0 Å². The summed E-state index contributed by atoms with van der Waals surface area (Å²) in [5.74, 6) is 1.22. The average molecular weight is 239 g/mol. The highest BCUT2D eigenvalue weighted by Crippen LogP contribution is 2.17. The Morgan fingerprint density at radius 3 is 2.89 bits per heavy atom. The Balaban J connectivity index is 2.02. The van der Waals surface area contributed by atoms with Crippen molar-refractivity contribution in [3.63, 3.8) is 0 Å². The molecule has 4 nitrogen and oxygen atoms in total. The maximum Gasteiger partial charge on any atom is 0.177 e. The van der Waals surface area contributed by atoms with Crippen molar-refractivity contribution in [2.75, 3.05) is 0 Å². The topological polar surface area (TPSA) is 50.9 Å². The number of fused-ring (bicyclic) bond motifs is 1. The summed E-state index contributed by atoms with van der Waals surface area (Å²) in [4.78, 5) is 8.75. The van der Waals surface area contributed by atoms with Crippen LogP contribution in [0.4, 0.5) is 0 Å². The number of hydrogen-bond donors (Lipinski definition) is 1. The second-order valence-electron chi connectivity index (χ2n) is 4.28. The zero-order chi connectivity index (χ0) is 12.5. The SMILES string of the molecule is Cn1c(Cc2cccc(O)c2)nc2ncccc21. The Hall–Kier alpha value is -2.36. The summed E-state index contributed by atoms with van der Waals surface area (Å²) in [6, 6.07) is 11.1. The van der Waals surface area contributed by atoms with E-state index in [1.54, 1.807) is 18.3 Å². The number of pyridine rings is 1. The van der Waals surface area contributed by atoms with Gasteiger partial charge in [-0.1, -0.05) is 12.1 Å². The van der Waals surface area contributed by atoms with Gasteiger partial charge in [0, 0.05) is 19.7 Å². The van der Waals surface area contributed by atoms with Crippen molar-refractivity contribution in [3.8, 4) is 5.75 Å². The monoisotopic (exact) mass is 239 g/mol. The second kappa shape index (κ2) is 4.14. The van der Waals surface area contributed by atoms with Crippen molar-refractivity contribution >= 4 is 11.2 Å². The zero-order valence-electron chi connectivity index (χ0n) is 10.0. The summed E-state index contributed by atoms with van der Waals surface area (Å²) in [5.41, 5.74) is 2.82. The largest absolute Gasteiger partial charge is 0.508 e. The molecule has 0 atom stereocenters. The number of aryl methyl sites for hydroxylation is 1. The molecule has 18 heavy (non-hydrogen) atoms. The predicted molar refractivity (Wildman–Crippen MR) is 69.4 cm³/mol. The molecule has 0 aliphatic rings. The fraction of sp³-hybridized carbons (Fsp3) is 0.143. The fourth-order valence-corrected chi connectivity index (χ4v) is 2.08. The second-order valence-corrected chi connectivity index (χ2v) is 4.28. The number of hydrogen-bond acceptors (Lipinski definition) is 3. The quantitative estimate of drug-likeness (QED) is 0.746. The number of nitrogens with zero attached hydrogens (tertiary/aromatic N) is 3. The van der Waals surface area contributed by atoms with Crippen molar-refractivity contribution in [1.29, 1.82) is 0 Å². The van der Waals surface area contributed by atoms with Crippen LogP contribution in [0.5, 0.6) is 5.75 Å². The van der Waals surface area contributed by atoms with Gasteiger partial charge in [-0.3, -0.25) is 0 Å². The van der Waals surface area contributed by atoms with Crippen LogP contribution in [-0.4, -0.2) is 19.6 Å². The van der Waals surface area contributed by atoms with Crippen LogP contribution in [0.1, 0.15) is 11.4 Å². The van der Waals surface area contributed by atoms with Crippen LogP contribution < -0.4 is 0 Å². The molecule has 0 unspecified atom stereocenters. The molecule has 2 aromatic heterocycles. The van der Waals surface area contributed by atoms with Crippen molar-refractivity contribution in [2.24, 2.45) is 7.05 Å². The van der Waals surface area contributed by atoms with Crippen LogP contribution in [0, 0.1) is 0 Å². The van der Waals surface area contributed by atoms with E-state index >= 15 is 0 Å². The first kappa shape index (κ1) is 10.8. The number of rotatable bonds is 2. The van der Waals surface area contributed by atoms with Crippen LogP contribution in [-0.2, 0) is 13.5 Å². The third-order valence-corrected chi connectivity index (χ3v) is 3.02. The molecule has 0 radical (unpaired) electrons. The molecule has 3 rings (SSSR count). The third kappa shape index (κ3) is 1.82. The Labute approximate surface area is 105 Å². The van der Waals surface area contributed by atoms with E-state index in [1.807, 2.05) is 35.9 Å². The van der Waals surface area contributed by atoms with E-state index in [4.69, 9.17) is 0 Å². The highest BCUT2D eigenvalue weighted by Gasteiger charge is 2.08. The minimum absolute atomic E-state index is 0.282. The van der Waals surface area contributed by atoms with E-state index in [-0.39, 0.29) is 5.75 Å². The Morgan fingerprint density at radius 2 is 2.11 bits per heavy atom. The Kier molecular flexibility index (Phi) is 2.48. The van der Waals surface area contributed by atoms with Crippen LogP contribution in [0.25, 0.3) is 11.2 Å². The third-order valence-electron chi connectivity index (χ3n) is 3.02. The van der Waals surface area contributed by atoms with Gasteiger partial charge in [0.15, 0.2) is 5.65 Å². The normalized spacial score (nSPS) is 10.9. The molecule has 1 N–H and O–H groups in total. The number of aromatic nitrogens is 3. The fourth-order valence-electron chi connectivity index (χ4n) is 2.08. The lowest BCUT2D eigenvalue weighted by Crippen LogP contribution is -1.98. The molecule has 0 spiro atoms. The van der Waals surface area contributed by atoms with E-state index in [0.29, 0.717) is 6.42 Å². The van der Waals surface area contributed by atoms with E-state index in [2.05, 4.69) is 9.97 Å². The molecular formula is C14H13N3O. The molecule has 2 heterocycles. The molecule has 0 aliphatic heterocycles. The summed E-state index contributed by atoms with van der Waals surface area (Å²) in [7, 11) is 1.98. The lowest BCUT2D eigenvalue weighted by Gasteiger charge is -2.03. The van der Waals surface area contributed by atoms with Crippen molar-refractivity contribution in [1.82, 2.24) is 14.5 Å². The van der Waals surface area contributed by atoms with Gasteiger partial charge in [-0.2, -0.15) is 0 Å². The van der Waals surface area contributed by atoms with Crippen molar-refractivity contribution < 1.29 is 5.11 Å². The first-order valence-electron chi connectivity index (χ1n) is 5.78. The van der Waals surface area contributed by atoms with Gasteiger partial charge in [-0.05, 0) is 29.8 Å². The zero-order valence-corrected chi connectivity index (χ0v) is 10.0. The molecule has 0 saturated carbocycles. The predicted octanol–water partition coefficient (Wildman–Crippen LogP) is 2.26. The number of imidazole rings is 1. The van der Waals surface area contributed by atoms with Crippen LogP contribution in [0.2, 0.25) is 0 Å². The number of benzene rings is 1. The summed E-state index contributed by atoms with van der Waals surface area (Å²) in [6.07, 6.45) is 2.43. The molecule has 3 aromatic rings. The number of phenolic OH excluding ortho intramolecular Hbond substituents is 1. The summed E-state index contributed by atoms with van der Waals surface area (Å²) < 4.78 is 2.03. The van der Waals surface area contributed by atoms with Gasteiger partial charge in [0.25, 0.3) is 0 Å². The standard InChI is InChI=1S/C14H13N3O/c1-17-12-6-3-7-15-14(12)16-13(17)9-10-4-2-5-11(18)8-10/h2-8,18H,9H2,1H3. The lowest BCUT2D eigenvalue weighted by molar-refractivity contribution is 0.474. The van der Waals surface area contributed by atoms with Gasteiger partial charge in [0.05, 0.1) is 5.52 Å². The highest BCUT2D eigenvalue weighted by molar-refractivity contribution is 5.71. The molecular weight excluding hydrogens is 226 g/mol. The van der Waals surface area contributed by atoms with Crippen LogP contribution >= 0.6 is 0 Å². The van der Waals surface area contributed by atoms with Gasteiger partial charge in [0.1, 0.15) is 11.6 Å². The van der Waals surface area contributed by atoms with Crippen LogP contribution in [0.3, 0.4) is 0 Å². The molecule has 0 saturated heterocycles. The first-order valence-corrected chi connectivity index (χ1v) is 5.78. The summed E-state index contributed by atoms with van der Waals surface area (Å²) in [5, 5.41) is 9.46. The summed E-state index contributed by atoms with van der Waals surface area (Å²) >= 11 is 0. The lowest BCUT2D eigenvalue weighted by atomic mass is 10.1. The van der Waals surface area contributed by atoms with Gasteiger partial charge in [-0.25, -0.2) is 9.97 Å². The van der Waals surface area contributed by atoms with Gasteiger partial charge < -0.3 is 9.67 Å². The van der Waals surface area contributed by atoms with E-state index in [9.17, 15) is 5.11 Å². The molecule has 1 aromatic carbocycles. The highest BCUT2D eigenvalue weighted by atomic mass is 16.3. The molecule has 0 aliphatic carbocycles. The van der Waals surface area contributed by atoms with Gasteiger partial charge in [-0.15, -0.1) is 0 Å². The van der Waals surface area contributed by atoms with E-state index < -0.39 is 0 Å². The maximum atomic E-state index is 9.46.